The van der Waals surface area contributed by atoms with Gasteiger partial charge in [0, 0.05) is 6.07 Å². The van der Waals surface area contributed by atoms with E-state index >= 15 is 0 Å². The molecule has 0 aliphatic rings. The van der Waals surface area contributed by atoms with E-state index in [1.54, 1.807) is 6.07 Å². The number of hydrogen-bond acceptors (Lipinski definition) is 3. The topological polar surface area (TPSA) is 55.8 Å². The van der Waals surface area contributed by atoms with E-state index in [1.807, 2.05) is 36.4 Å². The molecule has 4 nitrogen and oxygen atoms in total. The largest absolute Gasteiger partial charge is 0.489 e. The van der Waals surface area contributed by atoms with E-state index in [0.717, 1.165) is 21.9 Å². The molecule has 0 amide bonds. The maximum absolute atomic E-state index is 11.6. The van der Waals surface area contributed by atoms with Crippen LogP contribution < -0.4 is 9.47 Å². The molecule has 4 heteroatoms. The number of carboxylic acid groups (broad SMARTS) is 1. The van der Waals surface area contributed by atoms with Crippen LogP contribution in [0.25, 0.3) is 21.5 Å². The third-order valence-corrected chi connectivity index (χ3v) is 5.57. The summed E-state index contributed by atoms with van der Waals surface area (Å²) in [4.78, 5) is 11.6. The minimum absolute atomic E-state index is 0.125. The fourth-order valence-corrected chi connectivity index (χ4v) is 3.85. The highest BCUT2D eigenvalue weighted by Gasteiger charge is 2.10. The van der Waals surface area contributed by atoms with Crippen LogP contribution in [0.4, 0.5) is 0 Å². The van der Waals surface area contributed by atoms with Crippen LogP contribution in [0.1, 0.15) is 21.5 Å². The molecule has 0 heterocycles. The van der Waals surface area contributed by atoms with E-state index in [1.165, 1.54) is 22.9 Å². The zero-order valence-corrected chi connectivity index (χ0v) is 17.9. The Bertz CT molecular complexity index is 1350. The normalized spacial score (nSPS) is 10.9. The van der Waals surface area contributed by atoms with Crippen LogP contribution in [-0.2, 0) is 13.2 Å². The lowest BCUT2D eigenvalue weighted by molar-refractivity contribution is 0.0695. The van der Waals surface area contributed by atoms with Gasteiger partial charge in [-0.15, -0.1) is 0 Å². The fraction of sp³-hybridized carbons (Fsp3) is 0.0690. The predicted octanol–water partition coefficient (Wildman–Crippen LogP) is 6.85. The first-order chi connectivity index (χ1) is 16.1. The Hall–Kier alpha value is -4.31. The third kappa shape index (κ3) is 4.80. The Morgan fingerprint density at radius 1 is 0.576 bits per heavy atom. The molecule has 162 valence electrons. The van der Waals surface area contributed by atoms with Crippen LogP contribution in [0, 0.1) is 0 Å². The van der Waals surface area contributed by atoms with Gasteiger partial charge in [0.15, 0.2) is 0 Å². The van der Waals surface area contributed by atoms with Gasteiger partial charge < -0.3 is 14.6 Å². The molecule has 0 saturated heterocycles. The van der Waals surface area contributed by atoms with Crippen molar-refractivity contribution in [1.29, 1.82) is 0 Å². The molecule has 0 saturated carbocycles. The van der Waals surface area contributed by atoms with Crippen molar-refractivity contribution in [3.63, 3.8) is 0 Å². The van der Waals surface area contributed by atoms with Crippen LogP contribution in [-0.4, -0.2) is 11.1 Å². The van der Waals surface area contributed by atoms with E-state index in [-0.39, 0.29) is 5.56 Å². The van der Waals surface area contributed by atoms with Crippen molar-refractivity contribution in [1.82, 2.24) is 0 Å². The van der Waals surface area contributed by atoms with Crippen LogP contribution in [0.5, 0.6) is 11.5 Å². The first-order valence-electron chi connectivity index (χ1n) is 10.7. The second kappa shape index (κ2) is 9.05. The number of ether oxygens (including phenoxy) is 2. The first kappa shape index (κ1) is 20.6. The van der Waals surface area contributed by atoms with Gasteiger partial charge in [-0.1, -0.05) is 72.8 Å². The minimum atomic E-state index is -1.03. The summed E-state index contributed by atoms with van der Waals surface area (Å²) in [6.07, 6.45) is 0. The Balaban J connectivity index is 1.33. The Morgan fingerprint density at radius 3 is 1.48 bits per heavy atom. The highest BCUT2D eigenvalue weighted by molar-refractivity contribution is 5.88. The molecule has 0 fully saturated rings. The minimum Gasteiger partial charge on any atom is -0.489 e. The summed E-state index contributed by atoms with van der Waals surface area (Å²) in [6, 6.07) is 33.3. The van der Waals surface area contributed by atoms with Crippen molar-refractivity contribution >= 4 is 27.5 Å². The molecule has 5 aromatic rings. The lowest BCUT2D eigenvalue weighted by Crippen LogP contribution is -2.02. The maximum atomic E-state index is 11.6. The van der Waals surface area contributed by atoms with E-state index in [4.69, 9.17) is 9.47 Å². The molecule has 0 aromatic heterocycles. The van der Waals surface area contributed by atoms with Crippen LogP contribution in [0.3, 0.4) is 0 Å². The lowest BCUT2D eigenvalue weighted by atomic mass is 10.1. The smallest absolute Gasteiger partial charge is 0.335 e. The van der Waals surface area contributed by atoms with Crippen molar-refractivity contribution in [2.45, 2.75) is 13.2 Å². The number of benzene rings is 5. The summed E-state index contributed by atoms with van der Waals surface area (Å²) in [5, 5.41) is 14.1. The van der Waals surface area contributed by atoms with E-state index < -0.39 is 5.97 Å². The van der Waals surface area contributed by atoms with Gasteiger partial charge in [0.1, 0.15) is 24.7 Å². The highest BCUT2D eigenvalue weighted by atomic mass is 16.5. The van der Waals surface area contributed by atoms with Gasteiger partial charge in [0.05, 0.1) is 5.56 Å². The van der Waals surface area contributed by atoms with Crippen molar-refractivity contribution in [3.8, 4) is 11.5 Å². The summed E-state index contributed by atoms with van der Waals surface area (Å²) in [5.41, 5.74) is 2.14. The zero-order chi connectivity index (χ0) is 22.6. The standard InChI is InChI=1S/C29H22O4/c30-29(31)26-15-27(32-18-20-9-11-22-5-1-3-7-24(22)13-20)17-28(16-26)33-19-21-10-12-23-6-2-4-8-25(23)14-21/h1-17H,18-19H2,(H,30,31). The lowest BCUT2D eigenvalue weighted by Gasteiger charge is -2.12. The summed E-state index contributed by atoms with van der Waals surface area (Å²) in [7, 11) is 0. The van der Waals surface area contributed by atoms with Crippen molar-refractivity contribution < 1.29 is 19.4 Å². The number of aromatic carboxylic acids is 1. The summed E-state index contributed by atoms with van der Waals surface area (Å²) in [5.74, 6) is -0.116. The number of fused-ring (bicyclic) bond motifs is 2. The number of carboxylic acids is 1. The molecule has 0 radical (unpaired) electrons. The van der Waals surface area contributed by atoms with Gasteiger partial charge in [-0.25, -0.2) is 4.79 Å². The van der Waals surface area contributed by atoms with Gasteiger partial charge in [0.2, 0.25) is 0 Å². The van der Waals surface area contributed by atoms with E-state index in [9.17, 15) is 9.90 Å². The maximum Gasteiger partial charge on any atom is 0.335 e. The molecule has 0 spiro atoms. The average Bonchev–Trinajstić information content (AvgIpc) is 2.86. The van der Waals surface area contributed by atoms with E-state index in [0.29, 0.717) is 24.7 Å². The summed E-state index contributed by atoms with van der Waals surface area (Å²) >= 11 is 0. The van der Waals surface area contributed by atoms with Crippen molar-refractivity contribution in [2.75, 3.05) is 0 Å². The van der Waals surface area contributed by atoms with Crippen LogP contribution >= 0.6 is 0 Å². The quantitative estimate of drug-likeness (QED) is 0.304. The van der Waals surface area contributed by atoms with Gasteiger partial charge in [0.25, 0.3) is 0 Å². The highest BCUT2D eigenvalue weighted by Crippen LogP contribution is 2.26. The molecule has 33 heavy (non-hydrogen) atoms. The summed E-state index contributed by atoms with van der Waals surface area (Å²) in [6.45, 7) is 0.663. The molecule has 0 aliphatic carbocycles. The molecule has 0 aliphatic heterocycles. The van der Waals surface area contributed by atoms with E-state index in [2.05, 4.69) is 48.5 Å². The molecule has 0 unspecified atom stereocenters. The third-order valence-electron chi connectivity index (χ3n) is 5.57. The van der Waals surface area contributed by atoms with Crippen molar-refractivity contribution in [3.05, 3.63) is 120 Å². The van der Waals surface area contributed by atoms with Crippen LogP contribution in [0.15, 0.2) is 103 Å². The SMILES string of the molecule is O=C(O)c1cc(OCc2ccc3ccccc3c2)cc(OCc2ccc3ccccc3c2)c1. The zero-order valence-electron chi connectivity index (χ0n) is 17.9. The second-order valence-electron chi connectivity index (χ2n) is 7.94. The van der Waals surface area contributed by atoms with Gasteiger partial charge in [-0.3, -0.25) is 0 Å². The molecule has 5 aromatic carbocycles. The summed E-state index contributed by atoms with van der Waals surface area (Å²) < 4.78 is 11.9. The Labute approximate surface area is 191 Å². The molecule has 0 atom stereocenters. The molecule has 0 bridgehead atoms. The van der Waals surface area contributed by atoms with Crippen LogP contribution in [0.2, 0.25) is 0 Å². The second-order valence-corrected chi connectivity index (χ2v) is 7.94. The fourth-order valence-electron chi connectivity index (χ4n) is 3.85. The predicted molar refractivity (Wildman–Crippen MR) is 130 cm³/mol. The average molecular weight is 434 g/mol. The van der Waals surface area contributed by atoms with Gasteiger partial charge in [-0.2, -0.15) is 0 Å². The molecule has 1 N–H and O–H groups in total. The molecule has 5 rings (SSSR count). The van der Waals surface area contributed by atoms with Crippen molar-refractivity contribution in [2.24, 2.45) is 0 Å². The Morgan fingerprint density at radius 2 is 1.03 bits per heavy atom. The van der Waals surface area contributed by atoms with Gasteiger partial charge >= 0.3 is 5.97 Å². The van der Waals surface area contributed by atoms with Gasteiger partial charge in [-0.05, 0) is 56.9 Å². The number of carbonyl (C=O) groups is 1. The number of rotatable bonds is 7. The first-order valence-corrected chi connectivity index (χ1v) is 10.7. The monoisotopic (exact) mass is 434 g/mol. The molecular weight excluding hydrogens is 412 g/mol. The molecular formula is C29H22O4. The Kier molecular flexibility index (Phi) is 5.64. The number of hydrogen-bond donors (Lipinski definition) is 1.